The van der Waals surface area contributed by atoms with Crippen LogP contribution in [0, 0.1) is 17.0 Å². The number of nitrogens with zero attached hydrogens (tertiary/aromatic N) is 3. The molecule has 1 aliphatic heterocycles. The number of pyridine rings is 1. The van der Waals surface area contributed by atoms with E-state index in [1.807, 2.05) is 0 Å². The van der Waals surface area contributed by atoms with Gasteiger partial charge in [-0.05, 0) is 13.0 Å². The molecule has 19 heavy (non-hydrogen) atoms. The number of hydrogen-bond donors (Lipinski definition) is 1. The molecule has 1 aliphatic rings. The number of carboxylic acid groups (broad SMARTS) is 1. The van der Waals surface area contributed by atoms with Crippen LogP contribution in [0.25, 0.3) is 0 Å². The molecule has 0 aromatic carbocycles. The van der Waals surface area contributed by atoms with Gasteiger partial charge in [0.05, 0.1) is 4.92 Å². The number of aryl methyl sites for hydroxylation is 1. The topological polar surface area (TPSA) is 96.6 Å². The molecule has 0 amide bonds. The highest BCUT2D eigenvalue weighted by molar-refractivity contribution is 7.99. The van der Waals surface area contributed by atoms with Gasteiger partial charge in [-0.25, -0.2) is 9.78 Å². The molecule has 0 spiro atoms. The molecule has 0 saturated carbocycles. The smallest absolute Gasteiger partial charge is 0.327 e. The Hall–Kier alpha value is -1.83. The van der Waals surface area contributed by atoms with E-state index in [0.29, 0.717) is 23.8 Å². The molecule has 1 atom stereocenters. The van der Waals surface area contributed by atoms with Crippen LogP contribution in [0.4, 0.5) is 11.5 Å². The molecular formula is C11H13N3O4S. The summed E-state index contributed by atoms with van der Waals surface area (Å²) in [4.78, 5) is 27.3. The van der Waals surface area contributed by atoms with Crippen molar-refractivity contribution >= 4 is 29.2 Å². The summed E-state index contributed by atoms with van der Waals surface area (Å²) < 4.78 is 0. The number of rotatable bonds is 3. The van der Waals surface area contributed by atoms with E-state index < -0.39 is 16.9 Å². The predicted octanol–water partition coefficient (Wildman–Crippen LogP) is 1.30. The Labute approximate surface area is 113 Å². The Kier molecular flexibility index (Phi) is 3.89. The summed E-state index contributed by atoms with van der Waals surface area (Å²) in [5.41, 5.74) is 0.242. The van der Waals surface area contributed by atoms with Crippen molar-refractivity contribution in [3.05, 3.63) is 27.9 Å². The number of nitro groups is 1. The maximum Gasteiger partial charge on any atom is 0.327 e. The summed E-state index contributed by atoms with van der Waals surface area (Å²) in [5, 5.41) is 19.9. The molecule has 2 rings (SSSR count). The summed E-state index contributed by atoms with van der Waals surface area (Å²) >= 11 is 1.58. The van der Waals surface area contributed by atoms with E-state index in [-0.39, 0.29) is 5.69 Å². The lowest BCUT2D eigenvalue weighted by molar-refractivity contribution is -0.385. The molecular weight excluding hydrogens is 270 g/mol. The highest BCUT2D eigenvalue weighted by Crippen LogP contribution is 2.25. The summed E-state index contributed by atoms with van der Waals surface area (Å²) in [6.07, 6.45) is 0. The molecule has 8 heteroatoms. The highest BCUT2D eigenvalue weighted by Gasteiger charge is 2.30. The van der Waals surface area contributed by atoms with E-state index in [2.05, 4.69) is 4.98 Å². The molecule has 7 nitrogen and oxygen atoms in total. The fourth-order valence-electron chi connectivity index (χ4n) is 1.98. The zero-order valence-electron chi connectivity index (χ0n) is 10.3. The first-order valence-electron chi connectivity index (χ1n) is 5.70. The Morgan fingerprint density at radius 1 is 1.63 bits per heavy atom. The molecule has 1 fully saturated rings. The second-order valence-electron chi connectivity index (χ2n) is 4.15. The number of aromatic nitrogens is 1. The van der Waals surface area contributed by atoms with Crippen molar-refractivity contribution in [1.29, 1.82) is 0 Å². The van der Waals surface area contributed by atoms with E-state index in [4.69, 9.17) is 0 Å². The first kappa shape index (κ1) is 13.6. The van der Waals surface area contributed by atoms with Crippen LogP contribution in [0.1, 0.15) is 5.69 Å². The number of hydrogen-bond acceptors (Lipinski definition) is 6. The average Bonchev–Trinajstić information content (AvgIpc) is 2.38. The van der Waals surface area contributed by atoms with Crippen molar-refractivity contribution in [3.8, 4) is 0 Å². The molecule has 0 aliphatic carbocycles. The van der Waals surface area contributed by atoms with Crippen molar-refractivity contribution in [3.63, 3.8) is 0 Å². The Morgan fingerprint density at radius 2 is 2.37 bits per heavy atom. The monoisotopic (exact) mass is 283 g/mol. The van der Waals surface area contributed by atoms with Crippen molar-refractivity contribution in [2.45, 2.75) is 13.0 Å². The minimum Gasteiger partial charge on any atom is -0.480 e. The van der Waals surface area contributed by atoms with Crippen LogP contribution < -0.4 is 4.90 Å². The number of carbonyl (C=O) groups is 1. The first-order valence-corrected chi connectivity index (χ1v) is 6.85. The lowest BCUT2D eigenvalue weighted by atomic mass is 10.2. The van der Waals surface area contributed by atoms with Gasteiger partial charge in [0.25, 0.3) is 5.69 Å². The van der Waals surface area contributed by atoms with Gasteiger partial charge in [0.2, 0.25) is 0 Å². The average molecular weight is 283 g/mol. The summed E-state index contributed by atoms with van der Waals surface area (Å²) in [5.74, 6) is 0.898. The predicted molar refractivity (Wildman–Crippen MR) is 71.7 cm³/mol. The Bertz CT molecular complexity index is 523. The minimum atomic E-state index is -0.898. The number of thioether (sulfide) groups is 1. The molecule has 102 valence electrons. The van der Waals surface area contributed by atoms with Crippen LogP contribution in [0.3, 0.4) is 0 Å². The van der Waals surface area contributed by atoms with E-state index in [9.17, 15) is 20.0 Å². The third-order valence-electron chi connectivity index (χ3n) is 2.95. The van der Waals surface area contributed by atoms with Crippen molar-refractivity contribution in [2.75, 3.05) is 23.0 Å². The SMILES string of the molecule is Cc1nc(N2CCSCC2C(=O)O)ccc1[N+](=O)[O-]. The van der Waals surface area contributed by atoms with Crippen LogP contribution in [-0.2, 0) is 4.79 Å². The van der Waals surface area contributed by atoms with Gasteiger partial charge in [0, 0.05) is 24.1 Å². The van der Waals surface area contributed by atoms with Gasteiger partial charge in [-0.2, -0.15) is 11.8 Å². The minimum absolute atomic E-state index is 0.0537. The maximum atomic E-state index is 11.2. The highest BCUT2D eigenvalue weighted by atomic mass is 32.2. The second-order valence-corrected chi connectivity index (χ2v) is 5.30. The Balaban J connectivity index is 2.32. The van der Waals surface area contributed by atoms with Crippen LogP contribution in [0.2, 0.25) is 0 Å². The molecule has 1 aromatic heterocycles. The quantitative estimate of drug-likeness (QED) is 0.659. The van der Waals surface area contributed by atoms with Crippen LogP contribution in [-0.4, -0.2) is 45.1 Å². The molecule has 0 radical (unpaired) electrons. The van der Waals surface area contributed by atoms with Gasteiger partial charge in [0.15, 0.2) is 0 Å². The standard InChI is InChI=1S/C11H13N3O4S/c1-7-8(14(17)18)2-3-10(12-7)13-4-5-19-6-9(13)11(15)16/h2-3,9H,4-6H2,1H3,(H,15,16). The lowest BCUT2D eigenvalue weighted by Crippen LogP contribution is -2.47. The van der Waals surface area contributed by atoms with Crippen LogP contribution in [0.5, 0.6) is 0 Å². The van der Waals surface area contributed by atoms with E-state index in [0.717, 1.165) is 5.75 Å². The van der Waals surface area contributed by atoms with Crippen molar-refractivity contribution < 1.29 is 14.8 Å². The third kappa shape index (κ3) is 2.78. The molecule has 1 saturated heterocycles. The zero-order valence-corrected chi connectivity index (χ0v) is 11.1. The van der Waals surface area contributed by atoms with Crippen molar-refractivity contribution in [1.82, 2.24) is 4.98 Å². The number of anilines is 1. The molecule has 1 unspecified atom stereocenters. The van der Waals surface area contributed by atoms with Gasteiger partial charge >= 0.3 is 5.97 Å². The summed E-state index contributed by atoms with van der Waals surface area (Å²) in [7, 11) is 0. The number of carboxylic acids is 1. The van der Waals surface area contributed by atoms with Gasteiger partial charge in [0.1, 0.15) is 17.6 Å². The van der Waals surface area contributed by atoms with Gasteiger partial charge in [-0.15, -0.1) is 0 Å². The zero-order chi connectivity index (χ0) is 14.0. The number of aliphatic carboxylic acids is 1. The fraction of sp³-hybridized carbons (Fsp3) is 0.455. The maximum absolute atomic E-state index is 11.2. The van der Waals surface area contributed by atoms with E-state index in [1.54, 1.807) is 23.6 Å². The van der Waals surface area contributed by atoms with Gasteiger partial charge in [-0.3, -0.25) is 10.1 Å². The van der Waals surface area contributed by atoms with E-state index >= 15 is 0 Å². The molecule has 1 N–H and O–H groups in total. The molecule has 0 bridgehead atoms. The fourth-order valence-corrected chi connectivity index (χ4v) is 3.01. The third-order valence-corrected chi connectivity index (χ3v) is 3.97. The van der Waals surface area contributed by atoms with Crippen LogP contribution >= 0.6 is 11.8 Å². The summed E-state index contributed by atoms with van der Waals surface area (Å²) in [6.45, 7) is 2.13. The first-order chi connectivity index (χ1) is 9.00. The van der Waals surface area contributed by atoms with E-state index in [1.165, 1.54) is 12.1 Å². The molecule has 2 heterocycles. The van der Waals surface area contributed by atoms with Gasteiger partial charge in [-0.1, -0.05) is 0 Å². The molecule has 1 aromatic rings. The van der Waals surface area contributed by atoms with Crippen LogP contribution in [0.15, 0.2) is 12.1 Å². The van der Waals surface area contributed by atoms with Gasteiger partial charge < -0.3 is 10.0 Å². The Morgan fingerprint density at radius 3 is 2.95 bits per heavy atom. The lowest BCUT2D eigenvalue weighted by Gasteiger charge is -2.33. The largest absolute Gasteiger partial charge is 0.480 e. The second kappa shape index (κ2) is 5.43. The summed E-state index contributed by atoms with van der Waals surface area (Å²) in [6, 6.07) is 2.25. The van der Waals surface area contributed by atoms with Crippen molar-refractivity contribution in [2.24, 2.45) is 0 Å². The normalized spacial score (nSPS) is 19.2.